The van der Waals surface area contributed by atoms with Crippen molar-refractivity contribution in [1.82, 2.24) is 24.3 Å². The van der Waals surface area contributed by atoms with Gasteiger partial charge in [0.05, 0.1) is 11.0 Å². The second kappa shape index (κ2) is 8.08. The monoisotopic (exact) mass is 394 g/mol. The molecule has 0 bridgehead atoms. The van der Waals surface area contributed by atoms with Crippen LogP contribution in [-0.4, -0.2) is 58.2 Å². The molecule has 0 spiro atoms. The number of carbonyl (C=O) groups is 1. The summed E-state index contributed by atoms with van der Waals surface area (Å²) in [6.07, 6.45) is 1.80. The van der Waals surface area contributed by atoms with Crippen LogP contribution in [0.15, 0.2) is 47.4 Å². The van der Waals surface area contributed by atoms with E-state index < -0.39 is 0 Å². The van der Waals surface area contributed by atoms with Gasteiger partial charge in [-0.2, -0.15) is 0 Å². The van der Waals surface area contributed by atoms with Gasteiger partial charge in [-0.15, -0.1) is 0 Å². The number of para-hydroxylation sites is 2. The third-order valence-electron chi connectivity index (χ3n) is 5.48. The average Bonchev–Trinajstić information content (AvgIpc) is 2.98. The van der Waals surface area contributed by atoms with E-state index in [1.165, 1.54) is 4.57 Å². The van der Waals surface area contributed by atoms with Crippen molar-refractivity contribution in [2.45, 2.75) is 13.1 Å². The minimum atomic E-state index is -0.202. The van der Waals surface area contributed by atoms with Gasteiger partial charge in [-0.1, -0.05) is 18.2 Å². The Bertz CT molecular complexity index is 1060. The summed E-state index contributed by atoms with van der Waals surface area (Å²) in [5.74, 6) is 0.766. The molecule has 0 atom stereocenters. The van der Waals surface area contributed by atoms with Crippen molar-refractivity contribution in [1.29, 1.82) is 0 Å². The molecule has 152 valence electrons. The number of fused-ring (bicyclic) bond motifs is 1. The number of pyridine rings is 1. The largest absolute Gasteiger partial charge is 0.354 e. The zero-order chi connectivity index (χ0) is 20.4. The van der Waals surface area contributed by atoms with Crippen LogP contribution in [0.5, 0.6) is 0 Å². The van der Waals surface area contributed by atoms with Crippen LogP contribution in [0, 0.1) is 0 Å². The molecular formula is C21H26N6O2. The van der Waals surface area contributed by atoms with Gasteiger partial charge >= 0.3 is 5.69 Å². The van der Waals surface area contributed by atoms with Crippen LogP contribution in [0.25, 0.3) is 11.0 Å². The molecular weight excluding hydrogens is 368 g/mol. The van der Waals surface area contributed by atoms with Crippen molar-refractivity contribution in [3.8, 4) is 0 Å². The van der Waals surface area contributed by atoms with E-state index in [1.807, 2.05) is 36.4 Å². The molecule has 2 aromatic heterocycles. The van der Waals surface area contributed by atoms with Gasteiger partial charge in [0.2, 0.25) is 5.91 Å². The highest BCUT2D eigenvalue weighted by Gasteiger charge is 2.15. The third-order valence-corrected chi connectivity index (χ3v) is 5.48. The molecule has 8 heteroatoms. The van der Waals surface area contributed by atoms with Crippen molar-refractivity contribution < 1.29 is 4.79 Å². The summed E-state index contributed by atoms with van der Waals surface area (Å²) in [7, 11) is 3.84. The Morgan fingerprint density at radius 3 is 2.45 bits per heavy atom. The first-order valence-electron chi connectivity index (χ1n) is 9.82. The minimum Gasteiger partial charge on any atom is -0.354 e. The molecule has 3 aromatic rings. The highest BCUT2D eigenvalue weighted by atomic mass is 16.2. The van der Waals surface area contributed by atoms with E-state index in [2.05, 4.69) is 27.1 Å². The lowest BCUT2D eigenvalue weighted by molar-refractivity contribution is -0.121. The lowest BCUT2D eigenvalue weighted by atomic mass is 10.2. The van der Waals surface area contributed by atoms with Crippen LogP contribution >= 0.6 is 0 Å². The number of piperazine rings is 1. The summed E-state index contributed by atoms with van der Waals surface area (Å²) in [6, 6.07) is 11.5. The number of anilines is 1. The van der Waals surface area contributed by atoms with Crippen LogP contribution in [0.3, 0.4) is 0 Å². The van der Waals surface area contributed by atoms with Crippen LogP contribution in [0.4, 0.5) is 5.82 Å². The summed E-state index contributed by atoms with van der Waals surface area (Å²) >= 11 is 0. The van der Waals surface area contributed by atoms with Gasteiger partial charge in [-0.05, 0) is 30.8 Å². The summed E-state index contributed by atoms with van der Waals surface area (Å²) in [5, 5.41) is 2.89. The second-order valence-corrected chi connectivity index (χ2v) is 7.51. The van der Waals surface area contributed by atoms with Crippen LogP contribution < -0.4 is 15.9 Å². The average molecular weight is 394 g/mol. The van der Waals surface area contributed by atoms with Crippen molar-refractivity contribution in [2.24, 2.45) is 7.05 Å². The minimum absolute atomic E-state index is 0.00695. The maximum absolute atomic E-state index is 12.4. The van der Waals surface area contributed by atoms with Crippen molar-refractivity contribution in [3.63, 3.8) is 0 Å². The Hall–Kier alpha value is -3.13. The van der Waals surface area contributed by atoms with Crippen LogP contribution in [0.1, 0.15) is 5.56 Å². The Labute approximate surface area is 169 Å². The molecule has 1 aliphatic rings. The zero-order valence-electron chi connectivity index (χ0n) is 16.8. The highest BCUT2D eigenvalue weighted by Crippen LogP contribution is 2.14. The van der Waals surface area contributed by atoms with Gasteiger partial charge in [0.25, 0.3) is 0 Å². The summed E-state index contributed by atoms with van der Waals surface area (Å²) in [4.78, 5) is 34.0. The zero-order valence-corrected chi connectivity index (χ0v) is 16.8. The maximum Gasteiger partial charge on any atom is 0.329 e. The van der Waals surface area contributed by atoms with Gasteiger partial charge < -0.3 is 15.1 Å². The van der Waals surface area contributed by atoms with E-state index in [0.717, 1.165) is 48.6 Å². The quantitative estimate of drug-likeness (QED) is 0.693. The molecule has 0 unspecified atom stereocenters. The lowest BCUT2D eigenvalue weighted by Crippen LogP contribution is -2.44. The standard InChI is InChI=1S/C21H26N6O2/c1-24-9-11-26(12-10-24)19-8-7-16(13-22-19)14-23-20(28)15-27-18-6-4-3-5-17(18)25(2)21(27)29/h3-8,13H,9-12,14-15H2,1-2H3,(H,23,28). The van der Waals surface area contributed by atoms with E-state index in [1.54, 1.807) is 17.8 Å². The molecule has 1 aromatic carbocycles. The highest BCUT2D eigenvalue weighted by molar-refractivity contribution is 5.80. The number of aromatic nitrogens is 3. The van der Waals surface area contributed by atoms with Gasteiger partial charge in [-0.25, -0.2) is 9.78 Å². The summed E-state index contributed by atoms with van der Waals surface area (Å²) in [5.41, 5.74) is 2.31. The Balaban J connectivity index is 1.37. The van der Waals surface area contributed by atoms with Crippen LogP contribution in [-0.2, 0) is 24.9 Å². The fourth-order valence-electron chi connectivity index (χ4n) is 3.66. The number of nitrogens with one attached hydrogen (secondary N) is 1. The van der Waals surface area contributed by atoms with E-state index in [9.17, 15) is 9.59 Å². The number of rotatable bonds is 5. The van der Waals surface area contributed by atoms with Gasteiger partial charge in [0.1, 0.15) is 12.4 Å². The fourth-order valence-corrected chi connectivity index (χ4v) is 3.66. The fraction of sp³-hybridized carbons (Fsp3) is 0.381. The van der Waals surface area contributed by atoms with Crippen molar-refractivity contribution >= 4 is 22.8 Å². The molecule has 0 saturated carbocycles. The molecule has 1 saturated heterocycles. The van der Waals surface area contributed by atoms with Gasteiger partial charge in [0, 0.05) is 46.0 Å². The molecule has 8 nitrogen and oxygen atoms in total. The molecule has 0 radical (unpaired) electrons. The van der Waals surface area contributed by atoms with E-state index in [4.69, 9.17) is 0 Å². The van der Waals surface area contributed by atoms with Gasteiger partial charge in [0.15, 0.2) is 0 Å². The SMILES string of the molecule is CN1CCN(c2ccc(CNC(=O)Cn3c(=O)n(C)c4ccccc43)cn2)CC1. The van der Waals surface area contributed by atoms with Crippen molar-refractivity contribution in [2.75, 3.05) is 38.1 Å². The number of carbonyl (C=O) groups excluding carboxylic acids is 1. The summed E-state index contributed by atoms with van der Waals surface area (Å²) in [6.45, 7) is 4.39. The first-order chi connectivity index (χ1) is 14.0. The Kier molecular flexibility index (Phi) is 5.35. The molecule has 4 rings (SSSR count). The van der Waals surface area contributed by atoms with E-state index in [-0.39, 0.29) is 18.1 Å². The molecule has 29 heavy (non-hydrogen) atoms. The first-order valence-corrected chi connectivity index (χ1v) is 9.82. The normalized spacial score (nSPS) is 15.0. The molecule has 1 fully saturated rings. The number of hydrogen-bond acceptors (Lipinski definition) is 5. The molecule has 1 amide bonds. The van der Waals surface area contributed by atoms with Crippen molar-refractivity contribution in [3.05, 3.63) is 58.6 Å². The van der Waals surface area contributed by atoms with E-state index in [0.29, 0.717) is 6.54 Å². The number of imidazole rings is 1. The Morgan fingerprint density at radius 1 is 1.03 bits per heavy atom. The molecule has 0 aliphatic carbocycles. The molecule has 1 N–H and O–H groups in total. The smallest absolute Gasteiger partial charge is 0.329 e. The molecule has 3 heterocycles. The number of nitrogens with zero attached hydrogens (tertiary/aromatic N) is 5. The topological polar surface area (TPSA) is 75.4 Å². The number of likely N-dealkylation sites (N-methyl/N-ethyl adjacent to an activating group) is 1. The number of benzene rings is 1. The second-order valence-electron chi connectivity index (χ2n) is 7.51. The van der Waals surface area contributed by atoms with Crippen LogP contribution in [0.2, 0.25) is 0 Å². The first kappa shape index (κ1) is 19.2. The maximum atomic E-state index is 12.4. The number of hydrogen-bond donors (Lipinski definition) is 1. The lowest BCUT2D eigenvalue weighted by Gasteiger charge is -2.33. The molecule has 1 aliphatic heterocycles. The van der Waals surface area contributed by atoms with Gasteiger partial charge in [-0.3, -0.25) is 13.9 Å². The predicted molar refractivity (Wildman–Crippen MR) is 113 cm³/mol. The summed E-state index contributed by atoms with van der Waals surface area (Å²) < 4.78 is 3.06. The number of amides is 1. The Morgan fingerprint density at radius 2 is 1.76 bits per heavy atom. The number of aryl methyl sites for hydroxylation is 1. The third kappa shape index (κ3) is 4.02. The predicted octanol–water partition coefficient (Wildman–Crippen LogP) is 0.803. The van der Waals surface area contributed by atoms with E-state index >= 15 is 0 Å².